The molecule has 52 heavy (non-hydrogen) atoms. The molecular weight excluding hydrogens is 716 g/mol. The van der Waals surface area contributed by atoms with E-state index >= 15 is 0 Å². The van der Waals surface area contributed by atoms with E-state index < -0.39 is 29.2 Å². The molecule has 2 fully saturated rings. The Morgan fingerprint density at radius 3 is 2.40 bits per heavy atom. The van der Waals surface area contributed by atoms with Gasteiger partial charge in [-0.2, -0.15) is 0 Å². The van der Waals surface area contributed by atoms with Crippen molar-refractivity contribution in [2.24, 2.45) is 4.99 Å². The molecule has 1 spiro atoms. The average Bonchev–Trinajstić information content (AvgIpc) is 3.49. The summed E-state index contributed by atoms with van der Waals surface area (Å²) in [7, 11) is -5.71. The third kappa shape index (κ3) is 7.78. The number of amides is 1. The lowest BCUT2D eigenvalue weighted by molar-refractivity contribution is -0.131. The molecule has 282 valence electrons. The van der Waals surface area contributed by atoms with Crippen LogP contribution in [0.25, 0.3) is 11.1 Å². The molecule has 0 N–H and O–H groups in total. The van der Waals surface area contributed by atoms with E-state index in [1.165, 1.54) is 0 Å². The van der Waals surface area contributed by atoms with E-state index in [2.05, 4.69) is 37.8 Å². The Morgan fingerprint density at radius 1 is 1.04 bits per heavy atom. The van der Waals surface area contributed by atoms with Crippen LogP contribution in [0.4, 0.5) is 5.82 Å². The maximum atomic E-state index is 14.8. The SMILES string of the molecule is CCCCC1=NC2(CCCC2)C(=O)N1Cc1ccc(-c2ccccc2S(=O)(=O)N(COCC[Si](C)(C)C)c2noc(C)c2Cl)c(C2(OCC)CC2)c1. The van der Waals surface area contributed by atoms with Gasteiger partial charge in [0.05, 0.1) is 17.0 Å². The number of carbonyl (C=O) groups is 1. The van der Waals surface area contributed by atoms with Gasteiger partial charge in [-0.05, 0) is 74.8 Å². The molecule has 10 nitrogen and oxygen atoms in total. The van der Waals surface area contributed by atoms with Crippen molar-refractivity contribution in [1.29, 1.82) is 0 Å². The largest absolute Gasteiger partial charge is 0.371 e. The second kappa shape index (κ2) is 15.4. The second-order valence-electron chi connectivity index (χ2n) is 15.6. The highest BCUT2D eigenvalue weighted by molar-refractivity contribution is 7.93. The highest BCUT2D eigenvalue weighted by Gasteiger charge is 2.50. The van der Waals surface area contributed by atoms with Crippen molar-refractivity contribution >= 4 is 47.3 Å². The lowest BCUT2D eigenvalue weighted by Gasteiger charge is -2.27. The Balaban J connectivity index is 1.39. The summed E-state index contributed by atoms with van der Waals surface area (Å²) in [5, 5.41) is 4.17. The summed E-state index contributed by atoms with van der Waals surface area (Å²) in [6.45, 7) is 13.6. The van der Waals surface area contributed by atoms with Crippen LogP contribution >= 0.6 is 11.6 Å². The molecule has 1 aliphatic heterocycles. The van der Waals surface area contributed by atoms with Crippen LogP contribution in [0, 0.1) is 6.92 Å². The van der Waals surface area contributed by atoms with Gasteiger partial charge in [0.15, 0.2) is 5.76 Å². The zero-order chi connectivity index (χ0) is 37.3. The van der Waals surface area contributed by atoms with Crippen molar-refractivity contribution < 1.29 is 27.2 Å². The standard InChI is InChI=1S/C39H53ClN4O6SSi/c1-7-9-16-34-41-38(19-12-13-20-38)37(45)43(34)26-29-17-18-30(32(25-29)39(21-22-39)49-8-2)31-14-10-11-15-33(31)51(46,47)44(27-48-23-24-52(4,5)6)36-35(40)28(3)50-42-36/h10-11,14-15,17-18,25H,7-9,12-13,16,19-24,26-27H2,1-6H3. The number of carbonyl (C=O) groups excluding carboxylic acids is 1. The minimum atomic E-state index is -4.27. The first-order chi connectivity index (χ1) is 24.7. The highest BCUT2D eigenvalue weighted by Crippen LogP contribution is 2.53. The normalized spacial score (nSPS) is 18.0. The molecule has 3 aliphatic rings. The van der Waals surface area contributed by atoms with Crippen LogP contribution in [0.5, 0.6) is 0 Å². The van der Waals surface area contributed by atoms with Crippen LogP contribution in [0.3, 0.4) is 0 Å². The molecule has 3 aromatic rings. The monoisotopic (exact) mass is 768 g/mol. The van der Waals surface area contributed by atoms with Crippen molar-refractivity contribution in [2.75, 3.05) is 24.2 Å². The maximum absolute atomic E-state index is 14.8. The van der Waals surface area contributed by atoms with Crippen LogP contribution in [0.1, 0.15) is 88.5 Å². The van der Waals surface area contributed by atoms with Crippen molar-refractivity contribution in [3.8, 4) is 11.1 Å². The molecule has 2 aliphatic carbocycles. The zero-order valence-electron chi connectivity index (χ0n) is 31.5. The molecule has 2 aromatic carbocycles. The predicted octanol–water partition coefficient (Wildman–Crippen LogP) is 9.08. The molecule has 0 saturated heterocycles. The topological polar surface area (TPSA) is 115 Å². The van der Waals surface area contributed by atoms with E-state index in [1.807, 2.05) is 36.1 Å². The van der Waals surface area contributed by atoms with Crippen molar-refractivity contribution in [1.82, 2.24) is 10.1 Å². The molecule has 2 heterocycles. The van der Waals surface area contributed by atoms with Gasteiger partial charge in [0, 0.05) is 33.3 Å². The summed E-state index contributed by atoms with van der Waals surface area (Å²) < 4.78 is 48.4. The van der Waals surface area contributed by atoms with Gasteiger partial charge in [-0.15, -0.1) is 0 Å². The Hall–Kier alpha value is -3.03. The number of nitrogens with zero attached hydrogens (tertiary/aromatic N) is 4. The third-order valence-corrected chi connectivity index (χ3v) is 14.4. The summed E-state index contributed by atoms with van der Waals surface area (Å²) >= 11 is 6.58. The fourth-order valence-corrected chi connectivity index (χ4v) is 9.86. The van der Waals surface area contributed by atoms with E-state index in [0.717, 1.165) is 90.7 Å². The first kappa shape index (κ1) is 38.7. The van der Waals surface area contributed by atoms with E-state index in [9.17, 15) is 13.2 Å². The van der Waals surface area contributed by atoms with Gasteiger partial charge in [-0.1, -0.05) is 99.0 Å². The summed E-state index contributed by atoms with van der Waals surface area (Å²) in [6.07, 6.45) is 8.05. The Labute approximate surface area is 315 Å². The number of rotatable bonds is 17. The molecule has 2 saturated carbocycles. The minimum absolute atomic E-state index is 0.0126. The average molecular weight is 769 g/mol. The fraction of sp³-hybridized carbons (Fsp3) is 0.564. The number of hydrogen-bond donors (Lipinski definition) is 0. The molecule has 6 rings (SSSR count). The number of aliphatic imine (C=N–C) groups is 1. The highest BCUT2D eigenvalue weighted by atomic mass is 35.5. The number of aromatic nitrogens is 1. The van der Waals surface area contributed by atoms with E-state index in [0.29, 0.717) is 31.1 Å². The van der Waals surface area contributed by atoms with Gasteiger partial charge >= 0.3 is 0 Å². The summed E-state index contributed by atoms with van der Waals surface area (Å²) in [6, 6.07) is 14.0. The number of halogens is 1. The number of sulfonamides is 1. The van der Waals surface area contributed by atoms with Gasteiger partial charge in [-0.25, -0.2) is 12.7 Å². The summed E-state index contributed by atoms with van der Waals surface area (Å²) in [4.78, 5) is 21.1. The Morgan fingerprint density at radius 2 is 1.77 bits per heavy atom. The summed E-state index contributed by atoms with van der Waals surface area (Å²) in [5.74, 6) is 1.30. The van der Waals surface area contributed by atoms with E-state index in [-0.39, 0.29) is 28.4 Å². The van der Waals surface area contributed by atoms with Crippen LogP contribution < -0.4 is 4.31 Å². The molecule has 0 bridgehead atoms. The number of hydrogen-bond acceptors (Lipinski definition) is 8. The third-order valence-electron chi connectivity index (χ3n) is 10.5. The first-order valence-corrected chi connectivity index (χ1v) is 24.3. The summed E-state index contributed by atoms with van der Waals surface area (Å²) in [5.41, 5.74) is 2.00. The van der Waals surface area contributed by atoms with Crippen molar-refractivity contribution in [3.05, 3.63) is 64.4 Å². The fourth-order valence-electron chi connectivity index (χ4n) is 7.37. The first-order valence-electron chi connectivity index (χ1n) is 18.7. The van der Waals surface area contributed by atoms with E-state index in [4.69, 9.17) is 30.6 Å². The second-order valence-corrected chi connectivity index (χ2v) is 23.5. The van der Waals surface area contributed by atoms with Gasteiger partial charge in [0.1, 0.15) is 23.1 Å². The quantitative estimate of drug-likeness (QED) is 0.0765. The molecule has 13 heteroatoms. The number of anilines is 1. The Kier molecular flexibility index (Phi) is 11.4. The lowest BCUT2D eigenvalue weighted by atomic mass is 9.92. The number of ether oxygens (including phenoxy) is 2. The van der Waals surface area contributed by atoms with Crippen LogP contribution in [-0.4, -0.2) is 63.8 Å². The van der Waals surface area contributed by atoms with Gasteiger partial charge in [0.2, 0.25) is 5.82 Å². The molecule has 1 aromatic heterocycles. The smallest absolute Gasteiger partial charge is 0.268 e. The molecule has 0 unspecified atom stereocenters. The van der Waals surface area contributed by atoms with Crippen molar-refractivity contribution in [2.45, 2.75) is 127 Å². The lowest BCUT2D eigenvalue weighted by Crippen LogP contribution is -2.40. The van der Waals surface area contributed by atoms with Crippen LogP contribution in [0.15, 0.2) is 56.9 Å². The van der Waals surface area contributed by atoms with Gasteiger partial charge in [-0.3, -0.25) is 14.7 Å². The van der Waals surface area contributed by atoms with Gasteiger partial charge in [0.25, 0.3) is 15.9 Å². The Bertz CT molecular complexity index is 1910. The number of benzene rings is 2. The molecular formula is C39H53ClN4O6SSi. The van der Waals surface area contributed by atoms with Crippen LogP contribution in [-0.2, 0) is 36.4 Å². The van der Waals surface area contributed by atoms with Crippen molar-refractivity contribution in [3.63, 3.8) is 0 Å². The van der Waals surface area contributed by atoms with Gasteiger partial charge < -0.3 is 14.0 Å². The number of unbranched alkanes of at least 4 members (excludes halogenated alkanes) is 1. The number of amidine groups is 1. The predicted molar refractivity (Wildman–Crippen MR) is 208 cm³/mol. The zero-order valence-corrected chi connectivity index (χ0v) is 34.0. The maximum Gasteiger partial charge on any atom is 0.268 e. The van der Waals surface area contributed by atoms with Crippen LogP contribution in [0.2, 0.25) is 30.7 Å². The molecule has 1 amide bonds. The molecule has 0 atom stereocenters. The van der Waals surface area contributed by atoms with E-state index in [1.54, 1.807) is 19.1 Å². The minimum Gasteiger partial charge on any atom is -0.371 e. The molecule has 0 radical (unpaired) electrons. The number of aryl methyl sites for hydroxylation is 1.